The van der Waals surface area contributed by atoms with Crippen molar-refractivity contribution in [3.8, 4) is 0 Å². The summed E-state index contributed by atoms with van der Waals surface area (Å²) in [6, 6.07) is 5.21. The van der Waals surface area contributed by atoms with E-state index in [0.717, 1.165) is 0 Å². The van der Waals surface area contributed by atoms with Crippen molar-refractivity contribution in [1.82, 2.24) is 10.2 Å². The van der Waals surface area contributed by atoms with Crippen LogP contribution in [0.15, 0.2) is 24.3 Å². The van der Waals surface area contributed by atoms with Crippen LogP contribution in [-0.2, 0) is 4.79 Å². The zero-order valence-electron chi connectivity index (χ0n) is 14.0. The number of piperidine rings is 1. The molecule has 1 fully saturated rings. The van der Waals surface area contributed by atoms with Gasteiger partial charge in [0.25, 0.3) is 5.92 Å². The Balaban J connectivity index is 0.00000338. The van der Waals surface area contributed by atoms with Gasteiger partial charge in [-0.3, -0.25) is 4.79 Å². The average Bonchev–Trinajstić information content (AvgIpc) is 2.61. The van der Waals surface area contributed by atoms with Crippen molar-refractivity contribution in [3.05, 3.63) is 30.1 Å². The maximum Gasteiger partial charge on any atom is 0.321 e. The molecule has 4 N–H and O–H groups in total. The molecule has 1 aromatic carbocycles. The number of nitrogens with two attached hydrogens (primary N) is 1. The van der Waals surface area contributed by atoms with Gasteiger partial charge in [0.05, 0.1) is 24.7 Å². The minimum absolute atomic E-state index is 0. The standard InChI is InChI=1S/C16H21F3N4O2.ClH/c17-12-5-1-2-6-13(12)22-15(25)23-7-3-4-11(8-23)14(24)21-10-16(18,19)9-20;/h1-2,5-6,11H,3-4,7-10,20H2,(H,21,24)(H,22,25);1H. The molecule has 26 heavy (non-hydrogen) atoms. The van der Waals surface area contributed by atoms with Crippen LogP contribution in [0.2, 0.25) is 0 Å². The number of carbonyl (C=O) groups excluding carboxylic acids is 2. The van der Waals surface area contributed by atoms with Crippen LogP contribution in [-0.4, -0.2) is 48.9 Å². The average molecular weight is 395 g/mol. The molecule has 6 nitrogen and oxygen atoms in total. The van der Waals surface area contributed by atoms with Gasteiger partial charge in [0, 0.05) is 13.1 Å². The number of alkyl halides is 2. The second-order valence-corrected chi connectivity index (χ2v) is 5.97. The van der Waals surface area contributed by atoms with Crippen LogP contribution < -0.4 is 16.4 Å². The van der Waals surface area contributed by atoms with E-state index in [4.69, 9.17) is 5.73 Å². The van der Waals surface area contributed by atoms with Gasteiger partial charge in [-0.15, -0.1) is 12.4 Å². The second kappa shape index (κ2) is 9.63. The first kappa shape index (κ1) is 22.0. The molecule has 0 aromatic heterocycles. The molecule has 1 unspecified atom stereocenters. The molecule has 1 saturated heterocycles. The highest BCUT2D eigenvalue weighted by Crippen LogP contribution is 2.19. The number of urea groups is 1. The van der Waals surface area contributed by atoms with Gasteiger partial charge >= 0.3 is 6.03 Å². The predicted octanol–water partition coefficient (Wildman–Crippen LogP) is 2.20. The van der Waals surface area contributed by atoms with E-state index in [2.05, 4.69) is 10.6 Å². The number of amides is 3. The van der Waals surface area contributed by atoms with E-state index in [1.807, 2.05) is 0 Å². The van der Waals surface area contributed by atoms with E-state index in [-0.39, 0.29) is 24.6 Å². The Hall–Kier alpha value is -2.00. The number of halogens is 4. The van der Waals surface area contributed by atoms with Gasteiger partial charge in [0.2, 0.25) is 5.91 Å². The summed E-state index contributed by atoms with van der Waals surface area (Å²) < 4.78 is 39.8. The minimum Gasteiger partial charge on any atom is -0.350 e. The van der Waals surface area contributed by atoms with Gasteiger partial charge in [-0.05, 0) is 25.0 Å². The summed E-state index contributed by atoms with van der Waals surface area (Å²) in [5, 5.41) is 4.62. The zero-order valence-corrected chi connectivity index (χ0v) is 14.8. The first-order chi connectivity index (χ1) is 11.8. The third-order valence-electron chi connectivity index (χ3n) is 4.01. The van der Waals surface area contributed by atoms with E-state index in [1.165, 1.54) is 23.1 Å². The largest absolute Gasteiger partial charge is 0.350 e. The molecule has 0 spiro atoms. The molecule has 1 atom stereocenters. The molecular formula is C16H22ClF3N4O2. The van der Waals surface area contributed by atoms with Crippen LogP contribution in [0.1, 0.15) is 12.8 Å². The number of nitrogens with zero attached hydrogens (tertiary/aromatic N) is 1. The van der Waals surface area contributed by atoms with Gasteiger partial charge < -0.3 is 21.3 Å². The van der Waals surface area contributed by atoms with Crippen LogP contribution in [0.3, 0.4) is 0 Å². The maximum absolute atomic E-state index is 13.6. The van der Waals surface area contributed by atoms with E-state index < -0.39 is 42.7 Å². The lowest BCUT2D eigenvalue weighted by molar-refractivity contribution is -0.128. The third kappa shape index (κ3) is 6.06. The lowest BCUT2D eigenvalue weighted by Crippen LogP contribution is -2.49. The summed E-state index contributed by atoms with van der Waals surface area (Å²) in [7, 11) is 0. The molecule has 1 aromatic rings. The van der Waals surface area contributed by atoms with Crippen molar-refractivity contribution in [3.63, 3.8) is 0 Å². The quantitative estimate of drug-likeness (QED) is 0.715. The molecule has 146 valence electrons. The number of likely N-dealkylation sites (tertiary alicyclic amines) is 1. The second-order valence-electron chi connectivity index (χ2n) is 5.97. The lowest BCUT2D eigenvalue weighted by atomic mass is 9.97. The van der Waals surface area contributed by atoms with Crippen molar-refractivity contribution < 1.29 is 22.8 Å². The molecule has 3 amide bonds. The van der Waals surface area contributed by atoms with Crippen LogP contribution >= 0.6 is 12.4 Å². The SMILES string of the molecule is Cl.NCC(F)(F)CNC(=O)C1CCCN(C(=O)Nc2ccccc2F)C1. The fraction of sp³-hybridized carbons (Fsp3) is 0.500. The minimum atomic E-state index is -3.16. The first-order valence-corrected chi connectivity index (χ1v) is 7.98. The monoisotopic (exact) mass is 394 g/mol. The highest BCUT2D eigenvalue weighted by Gasteiger charge is 2.32. The zero-order chi connectivity index (χ0) is 18.4. The van der Waals surface area contributed by atoms with Crippen molar-refractivity contribution in [2.75, 3.05) is 31.5 Å². The number of anilines is 1. The number of nitrogens with one attached hydrogen (secondary N) is 2. The number of hydrogen-bond acceptors (Lipinski definition) is 3. The van der Waals surface area contributed by atoms with Crippen molar-refractivity contribution in [1.29, 1.82) is 0 Å². The molecule has 0 aliphatic carbocycles. The van der Waals surface area contributed by atoms with Crippen LogP contribution in [0.4, 0.5) is 23.7 Å². The van der Waals surface area contributed by atoms with E-state index in [0.29, 0.717) is 19.4 Å². The summed E-state index contributed by atoms with van der Waals surface area (Å²) >= 11 is 0. The van der Waals surface area contributed by atoms with Gasteiger partial charge in [-0.25, -0.2) is 18.0 Å². The summed E-state index contributed by atoms with van der Waals surface area (Å²) in [5.74, 6) is -4.86. The fourth-order valence-electron chi connectivity index (χ4n) is 2.57. The Kier molecular flexibility index (Phi) is 8.16. The Morgan fingerprint density at radius 1 is 1.31 bits per heavy atom. The van der Waals surface area contributed by atoms with Crippen molar-refractivity contribution in [2.45, 2.75) is 18.8 Å². The van der Waals surface area contributed by atoms with Crippen molar-refractivity contribution in [2.24, 2.45) is 11.7 Å². The fourth-order valence-corrected chi connectivity index (χ4v) is 2.57. The van der Waals surface area contributed by atoms with Gasteiger partial charge in [-0.1, -0.05) is 12.1 Å². The molecule has 10 heteroatoms. The Labute approximate surface area is 155 Å². The molecule has 2 rings (SSSR count). The number of para-hydroxylation sites is 1. The molecular weight excluding hydrogens is 373 g/mol. The molecule has 0 saturated carbocycles. The van der Waals surface area contributed by atoms with Gasteiger partial charge in [0.1, 0.15) is 5.82 Å². The summed E-state index contributed by atoms with van der Waals surface area (Å²) in [4.78, 5) is 25.6. The van der Waals surface area contributed by atoms with Gasteiger partial charge in [-0.2, -0.15) is 0 Å². The molecule has 0 bridgehead atoms. The van der Waals surface area contributed by atoms with Crippen LogP contribution in [0, 0.1) is 11.7 Å². The smallest absolute Gasteiger partial charge is 0.321 e. The van der Waals surface area contributed by atoms with E-state index in [9.17, 15) is 22.8 Å². The number of benzene rings is 1. The van der Waals surface area contributed by atoms with E-state index in [1.54, 1.807) is 6.07 Å². The Morgan fingerprint density at radius 2 is 2.00 bits per heavy atom. The molecule has 0 radical (unpaired) electrons. The summed E-state index contributed by atoms with van der Waals surface area (Å²) in [5.41, 5.74) is 4.97. The maximum atomic E-state index is 13.6. The predicted molar refractivity (Wildman–Crippen MR) is 94.0 cm³/mol. The number of hydrogen-bond donors (Lipinski definition) is 3. The third-order valence-corrected chi connectivity index (χ3v) is 4.01. The lowest BCUT2D eigenvalue weighted by Gasteiger charge is -2.32. The topological polar surface area (TPSA) is 87.5 Å². The number of carbonyl (C=O) groups is 2. The highest BCUT2D eigenvalue weighted by atomic mass is 35.5. The normalized spacial score (nSPS) is 17.2. The van der Waals surface area contributed by atoms with E-state index >= 15 is 0 Å². The first-order valence-electron chi connectivity index (χ1n) is 7.98. The summed E-state index contributed by atoms with van der Waals surface area (Å²) in [6.45, 7) is -1.20. The molecule has 1 aliphatic heterocycles. The van der Waals surface area contributed by atoms with Crippen molar-refractivity contribution >= 4 is 30.0 Å². The van der Waals surface area contributed by atoms with Gasteiger partial charge in [0.15, 0.2) is 0 Å². The highest BCUT2D eigenvalue weighted by molar-refractivity contribution is 5.90. The Bertz CT molecular complexity index is 633. The molecule has 1 heterocycles. The summed E-state index contributed by atoms with van der Waals surface area (Å²) in [6.07, 6.45) is 1.04. The van der Waals surface area contributed by atoms with Crippen LogP contribution in [0.25, 0.3) is 0 Å². The Morgan fingerprint density at radius 3 is 2.65 bits per heavy atom. The number of rotatable bonds is 5. The van der Waals surface area contributed by atoms with Crippen LogP contribution in [0.5, 0.6) is 0 Å². The molecule has 1 aliphatic rings.